The summed E-state index contributed by atoms with van der Waals surface area (Å²) < 4.78 is 0. The predicted octanol–water partition coefficient (Wildman–Crippen LogP) is 3.18. The Bertz CT molecular complexity index is 1050. The van der Waals surface area contributed by atoms with Gasteiger partial charge in [0.2, 0.25) is 11.8 Å². The lowest BCUT2D eigenvalue weighted by molar-refractivity contribution is -0.139. The molecule has 5 atom stereocenters. The van der Waals surface area contributed by atoms with Crippen LogP contribution in [0.3, 0.4) is 0 Å². The first-order chi connectivity index (χ1) is 17.8. The molecule has 0 radical (unpaired) electrons. The average Bonchev–Trinajstić information content (AvgIpc) is 3.84. The molecule has 0 spiro atoms. The van der Waals surface area contributed by atoms with E-state index >= 15 is 0 Å². The molecule has 1 aromatic carbocycles. The van der Waals surface area contributed by atoms with Gasteiger partial charge < -0.3 is 26.4 Å². The summed E-state index contributed by atoms with van der Waals surface area (Å²) in [6.45, 7) is 9.84. The van der Waals surface area contributed by atoms with Crippen LogP contribution in [0, 0.1) is 23.2 Å². The zero-order valence-electron chi connectivity index (χ0n) is 22.7. The van der Waals surface area contributed by atoms with Gasteiger partial charge in [-0.1, -0.05) is 35.9 Å². The van der Waals surface area contributed by atoms with Crippen LogP contribution in [-0.4, -0.2) is 66.0 Å². The topological polar surface area (TPSA) is 113 Å². The number of phenols is 1. The average molecular weight is 509 g/mol. The fourth-order valence-corrected chi connectivity index (χ4v) is 6.62. The first-order valence-corrected chi connectivity index (χ1v) is 14.0. The maximum Gasteiger partial charge on any atom is 0.233 e. The van der Waals surface area contributed by atoms with Crippen LogP contribution in [0.15, 0.2) is 48.1 Å². The van der Waals surface area contributed by atoms with Crippen LogP contribution in [0.1, 0.15) is 52.0 Å². The van der Waals surface area contributed by atoms with Crippen LogP contribution >= 0.6 is 0 Å². The normalized spacial score (nSPS) is 30.0. The van der Waals surface area contributed by atoms with Crippen molar-refractivity contribution >= 4 is 11.8 Å². The molecular formula is C30H44N4O3. The molecule has 3 aliphatic rings. The molecule has 4 rings (SSSR count). The zero-order valence-corrected chi connectivity index (χ0v) is 22.7. The van der Waals surface area contributed by atoms with E-state index in [-0.39, 0.29) is 40.7 Å². The number of likely N-dealkylation sites (N-methyl/N-ethyl adjacent to an activating group) is 1. The highest BCUT2D eigenvalue weighted by atomic mass is 16.3. The van der Waals surface area contributed by atoms with Crippen LogP contribution in [0.5, 0.6) is 5.75 Å². The minimum absolute atomic E-state index is 0.127. The molecule has 2 saturated carbocycles. The van der Waals surface area contributed by atoms with E-state index in [2.05, 4.69) is 18.2 Å². The number of benzene rings is 1. The summed E-state index contributed by atoms with van der Waals surface area (Å²) in [5.74, 6) is 1.13. The van der Waals surface area contributed by atoms with Crippen LogP contribution in [0.4, 0.5) is 0 Å². The number of nitrogens with zero attached hydrogens (tertiary/aromatic N) is 2. The lowest BCUT2D eigenvalue weighted by Crippen LogP contribution is -2.42. The number of aromatic hydroxyl groups is 1. The smallest absolute Gasteiger partial charge is 0.233 e. The lowest BCUT2D eigenvalue weighted by Gasteiger charge is -2.32. The molecule has 3 aliphatic carbocycles. The molecule has 0 aromatic heterocycles. The van der Waals surface area contributed by atoms with E-state index in [0.717, 1.165) is 44.3 Å². The van der Waals surface area contributed by atoms with Crippen LogP contribution in [0.2, 0.25) is 0 Å². The van der Waals surface area contributed by atoms with Gasteiger partial charge in [0, 0.05) is 26.2 Å². The fourth-order valence-electron chi connectivity index (χ4n) is 6.62. The van der Waals surface area contributed by atoms with Gasteiger partial charge in [-0.2, -0.15) is 0 Å². The van der Waals surface area contributed by atoms with Gasteiger partial charge in [0.1, 0.15) is 5.75 Å². The number of amides is 2. The van der Waals surface area contributed by atoms with Crippen molar-refractivity contribution in [3.8, 4) is 5.75 Å². The SMILES string of the molecule is CCN(CCC1=CCC([C@@]2(C(=O)N(CC)CC)C[C@H]2CN)C=C1)C(=O)[C@]1(c2ccc(O)cc2)C[C@@H]1CN. The van der Waals surface area contributed by atoms with E-state index in [0.29, 0.717) is 26.2 Å². The Balaban J connectivity index is 1.41. The molecule has 1 unspecified atom stereocenters. The Morgan fingerprint density at radius 3 is 2.08 bits per heavy atom. The van der Waals surface area contributed by atoms with Crippen molar-refractivity contribution in [2.24, 2.45) is 34.6 Å². The third kappa shape index (κ3) is 4.84. The summed E-state index contributed by atoms with van der Waals surface area (Å²) in [6.07, 6.45) is 9.86. The van der Waals surface area contributed by atoms with E-state index < -0.39 is 5.41 Å². The molecule has 0 bridgehead atoms. The number of allylic oxidation sites excluding steroid dienone is 3. The van der Waals surface area contributed by atoms with E-state index in [9.17, 15) is 14.7 Å². The lowest BCUT2D eigenvalue weighted by atomic mass is 9.79. The Kier molecular flexibility index (Phi) is 8.14. The molecule has 1 aromatic rings. The predicted molar refractivity (Wildman–Crippen MR) is 147 cm³/mol. The molecule has 0 aliphatic heterocycles. The minimum Gasteiger partial charge on any atom is -0.508 e. The molecule has 2 amide bonds. The first-order valence-electron chi connectivity index (χ1n) is 14.0. The van der Waals surface area contributed by atoms with E-state index in [4.69, 9.17) is 11.5 Å². The van der Waals surface area contributed by atoms with Crippen molar-refractivity contribution in [3.05, 3.63) is 53.6 Å². The quantitative estimate of drug-likeness (QED) is 0.401. The van der Waals surface area contributed by atoms with Gasteiger partial charge in [0.05, 0.1) is 10.8 Å². The van der Waals surface area contributed by atoms with Crippen LogP contribution in [-0.2, 0) is 15.0 Å². The molecule has 37 heavy (non-hydrogen) atoms. The van der Waals surface area contributed by atoms with Crippen molar-refractivity contribution in [2.45, 2.75) is 51.9 Å². The van der Waals surface area contributed by atoms with Gasteiger partial charge in [-0.05, 0) is 95.0 Å². The number of nitrogens with two attached hydrogens (primary N) is 2. The number of carbonyl (C=O) groups is 2. The third-order valence-electron chi connectivity index (χ3n) is 9.22. The molecular weight excluding hydrogens is 464 g/mol. The van der Waals surface area contributed by atoms with E-state index in [1.54, 1.807) is 12.1 Å². The van der Waals surface area contributed by atoms with Gasteiger partial charge in [-0.25, -0.2) is 0 Å². The Labute approximate surface area is 221 Å². The number of hydrogen-bond donors (Lipinski definition) is 3. The summed E-state index contributed by atoms with van der Waals surface area (Å²) >= 11 is 0. The van der Waals surface area contributed by atoms with Gasteiger partial charge >= 0.3 is 0 Å². The molecule has 7 nitrogen and oxygen atoms in total. The molecule has 202 valence electrons. The highest BCUT2D eigenvalue weighted by Gasteiger charge is 2.63. The second-order valence-electron chi connectivity index (χ2n) is 10.9. The summed E-state index contributed by atoms with van der Waals surface area (Å²) in [7, 11) is 0. The Morgan fingerprint density at radius 1 is 0.946 bits per heavy atom. The summed E-state index contributed by atoms with van der Waals surface area (Å²) in [4.78, 5) is 31.1. The maximum atomic E-state index is 13.8. The second kappa shape index (κ2) is 11.0. The van der Waals surface area contributed by atoms with Crippen molar-refractivity contribution in [1.82, 2.24) is 9.80 Å². The van der Waals surface area contributed by atoms with Gasteiger partial charge in [-0.3, -0.25) is 9.59 Å². The first kappa shape index (κ1) is 27.4. The monoisotopic (exact) mass is 508 g/mol. The summed E-state index contributed by atoms with van der Waals surface area (Å²) in [6, 6.07) is 7.00. The van der Waals surface area contributed by atoms with Gasteiger partial charge in [0.15, 0.2) is 0 Å². The Hall–Kier alpha value is -2.64. The maximum absolute atomic E-state index is 13.8. The summed E-state index contributed by atoms with van der Waals surface area (Å²) in [5, 5.41) is 9.71. The fraction of sp³-hybridized carbons (Fsp3) is 0.600. The van der Waals surface area contributed by atoms with E-state index in [1.807, 2.05) is 42.7 Å². The molecule has 0 saturated heterocycles. The molecule has 5 N–H and O–H groups in total. The number of rotatable bonds is 12. The van der Waals surface area contributed by atoms with Gasteiger partial charge in [-0.15, -0.1) is 0 Å². The van der Waals surface area contributed by atoms with Gasteiger partial charge in [0.25, 0.3) is 0 Å². The highest BCUT2D eigenvalue weighted by Crippen LogP contribution is 2.60. The number of carbonyl (C=O) groups excluding carboxylic acids is 2. The number of phenolic OH excluding ortho intramolecular Hbond substituents is 1. The Morgan fingerprint density at radius 2 is 1.59 bits per heavy atom. The van der Waals surface area contributed by atoms with Crippen molar-refractivity contribution in [1.29, 1.82) is 0 Å². The molecule has 7 heteroatoms. The second-order valence-corrected chi connectivity index (χ2v) is 10.9. The molecule has 0 heterocycles. The van der Waals surface area contributed by atoms with Crippen LogP contribution in [0.25, 0.3) is 0 Å². The van der Waals surface area contributed by atoms with Crippen molar-refractivity contribution < 1.29 is 14.7 Å². The van der Waals surface area contributed by atoms with Crippen LogP contribution < -0.4 is 11.5 Å². The van der Waals surface area contributed by atoms with E-state index in [1.165, 1.54) is 5.57 Å². The third-order valence-corrected chi connectivity index (χ3v) is 9.22. The standard InChI is InChI=1S/C30H44N4O3/c1-4-33(5-2)27(36)29(17-24(29)19-31)22-9-7-21(8-10-22)15-16-34(6-3)28(37)30(18-25(30)20-32)23-11-13-26(35)14-12-23/h7-9,11-14,22,24-25,35H,4-6,10,15-20,31-32H2,1-3H3/t22?,24-,25+,29-,30-/m0/s1. The minimum atomic E-state index is -0.583. The van der Waals surface area contributed by atoms with Crippen molar-refractivity contribution in [2.75, 3.05) is 39.3 Å². The number of hydrogen-bond acceptors (Lipinski definition) is 5. The zero-order chi connectivity index (χ0) is 26.8. The summed E-state index contributed by atoms with van der Waals surface area (Å²) in [5.41, 5.74) is 13.2. The molecule has 2 fully saturated rings. The largest absolute Gasteiger partial charge is 0.508 e. The van der Waals surface area contributed by atoms with Crippen molar-refractivity contribution in [3.63, 3.8) is 0 Å². The highest BCUT2D eigenvalue weighted by molar-refractivity contribution is 5.92.